The van der Waals surface area contributed by atoms with E-state index in [1.165, 1.54) is 44.9 Å². The minimum absolute atomic E-state index is 0.0285. The SMILES string of the molecule is CC(C)(C)c1ccc(C=NC2CCCCCCC2)cc1O. The molecule has 0 saturated heterocycles. The van der Waals surface area contributed by atoms with E-state index in [-0.39, 0.29) is 5.41 Å². The van der Waals surface area contributed by atoms with Gasteiger partial charge in [-0.25, -0.2) is 0 Å². The Labute approximate surface area is 129 Å². The summed E-state index contributed by atoms with van der Waals surface area (Å²) in [6.45, 7) is 6.35. The van der Waals surface area contributed by atoms with E-state index < -0.39 is 0 Å². The largest absolute Gasteiger partial charge is 0.508 e. The summed E-state index contributed by atoms with van der Waals surface area (Å²) in [6, 6.07) is 6.39. The topological polar surface area (TPSA) is 32.6 Å². The van der Waals surface area contributed by atoms with Crippen LogP contribution in [0.2, 0.25) is 0 Å². The molecule has 0 unspecified atom stereocenters. The molecule has 0 bridgehead atoms. The zero-order valence-electron chi connectivity index (χ0n) is 13.7. The maximum atomic E-state index is 10.2. The van der Waals surface area contributed by atoms with E-state index in [2.05, 4.69) is 26.8 Å². The zero-order chi connectivity index (χ0) is 15.3. The van der Waals surface area contributed by atoms with Crippen LogP contribution < -0.4 is 0 Å². The summed E-state index contributed by atoms with van der Waals surface area (Å²) in [6.07, 6.45) is 11.1. The maximum Gasteiger partial charge on any atom is 0.119 e. The van der Waals surface area contributed by atoms with Crippen LogP contribution >= 0.6 is 0 Å². The van der Waals surface area contributed by atoms with Crippen LogP contribution in [0.3, 0.4) is 0 Å². The molecule has 1 N–H and O–H groups in total. The van der Waals surface area contributed by atoms with Crippen LogP contribution in [-0.2, 0) is 5.41 Å². The third-order valence-corrected chi connectivity index (χ3v) is 4.34. The predicted molar refractivity (Wildman–Crippen MR) is 90.5 cm³/mol. The average Bonchev–Trinajstić information content (AvgIpc) is 2.36. The van der Waals surface area contributed by atoms with Gasteiger partial charge in [-0.3, -0.25) is 4.99 Å². The Morgan fingerprint density at radius 2 is 1.67 bits per heavy atom. The second-order valence-corrected chi connectivity index (χ2v) is 7.30. The van der Waals surface area contributed by atoms with Crippen molar-refractivity contribution in [2.45, 2.75) is 77.2 Å². The molecule has 2 heteroatoms. The van der Waals surface area contributed by atoms with Gasteiger partial charge >= 0.3 is 0 Å². The van der Waals surface area contributed by atoms with Crippen LogP contribution in [-0.4, -0.2) is 17.4 Å². The molecule has 2 rings (SSSR count). The lowest BCUT2D eigenvalue weighted by Crippen LogP contribution is -2.11. The fourth-order valence-electron chi connectivity index (χ4n) is 3.04. The van der Waals surface area contributed by atoms with Crippen molar-refractivity contribution in [2.75, 3.05) is 0 Å². The number of nitrogens with zero attached hydrogens (tertiary/aromatic N) is 1. The summed E-state index contributed by atoms with van der Waals surface area (Å²) < 4.78 is 0. The Bertz CT molecular complexity index is 477. The summed E-state index contributed by atoms with van der Waals surface area (Å²) in [4.78, 5) is 4.75. The lowest BCUT2D eigenvalue weighted by Gasteiger charge is -2.20. The number of rotatable bonds is 2. The van der Waals surface area contributed by atoms with E-state index in [0.29, 0.717) is 11.8 Å². The highest BCUT2D eigenvalue weighted by Crippen LogP contribution is 2.30. The molecule has 1 aromatic carbocycles. The normalized spacial score (nSPS) is 18.6. The van der Waals surface area contributed by atoms with Crippen LogP contribution in [0.4, 0.5) is 0 Å². The first-order chi connectivity index (χ1) is 9.97. The molecule has 1 aliphatic carbocycles. The summed E-state index contributed by atoms with van der Waals surface area (Å²) in [5.74, 6) is 0.379. The summed E-state index contributed by atoms with van der Waals surface area (Å²) in [7, 11) is 0. The highest BCUT2D eigenvalue weighted by Gasteiger charge is 2.17. The van der Waals surface area contributed by atoms with Crippen molar-refractivity contribution < 1.29 is 5.11 Å². The van der Waals surface area contributed by atoms with Gasteiger partial charge in [0.1, 0.15) is 5.75 Å². The molecule has 1 fully saturated rings. The van der Waals surface area contributed by atoms with Gasteiger partial charge in [0, 0.05) is 12.3 Å². The van der Waals surface area contributed by atoms with Crippen molar-refractivity contribution in [1.29, 1.82) is 0 Å². The average molecular weight is 287 g/mol. The lowest BCUT2D eigenvalue weighted by atomic mass is 9.86. The number of phenolic OH excluding ortho intramolecular Hbond substituents is 1. The van der Waals surface area contributed by atoms with Gasteiger partial charge in [-0.1, -0.05) is 65.0 Å². The van der Waals surface area contributed by atoms with Gasteiger partial charge in [0.05, 0.1) is 0 Å². The molecule has 116 valence electrons. The summed E-state index contributed by atoms with van der Waals surface area (Å²) >= 11 is 0. The first-order valence-electron chi connectivity index (χ1n) is 8.33. The Kier molecular flexibility index (Phi) is 5.44. The number of aromatic hydroxyl groups is 1. The Morgan fingerprint density at radius 1 is 1.05 bits per heavy atom. The van der Waals surface area contributed by atoms with E-state index in [4.69, 9.17) is 4.99 Å². The highest BCUT2D eigenvalue weighted by molar-refractivity contribution is 5.80. The highest BCUT2D eigenvalue weighted by atomic mass is 16.3. The molecule has 0 heterocycles. The van der Waals surface area contributed by atoms with E-state index in [1.807, 2.05) is 18.3 Å². The molecule has 0 atom stereocenters. The summed E-state index contributed by atoms with van der Waals surface area (Å²) in [5, 5.41) is 10.2. The van der Waals surface area contributed by atoms with Gasteiger partial charge in [0.2, 0.25) is 0 Å². The van der Waals surface area contributed by atoms with E-state index in [1.54, 1.807) is 0 Å². The molecule has 21 heavy (non-hydrogen) atoms. The molecule has 0 radical (unpaired) electrons. The molecule has 0 amide bonds. The molecule has 2 nitrogen and oxygen atoms in total. The number of hydrogen-bond acceptors (Lipinski definition) is 2. The third kappa shape index (κ3) is 4.87. The molecule has 0 spiro atoms. The zero-order valence-corrected chi connectivity index (χ0v) is 13.7. The Balaban J connectivity index is 2.05. The monoisotopic (exact) mass is 287 g/mol. The number of phenols is 1. The maximum absolute atomic E-state index is 10.2. The van der Waals surface area contributed by atoms with Gasteiger partial charge in [-0.2, -0.15) is 0 Å². The minimum atomic E-state index is -0.0285. The smallest absolute Gasteiger partial charge is 0.119 e. The molecule has 0 aliphatic heterocycles. The van der Waals surface area contributed by atoms with Crippen molar-refractivity contribution >= 4 is 6.21 Å². The van der Waals surface area contributed by atoms with E-state index in [9.17, 15) is 5.11 Å². The van der Waals surface area contributed by atoms with Crippen LogP contribution in [0.1, 0.15) is 76.8 Å². The molecule has 1 aliphatic rings. The van der Waals surface area contributed by atoms with Crippen LogP contribution in [0, 0.1) is 0 Å². The Hall–Kier alpha value is -1.31. The standard InChI is InChI=1S/C19H29NO/c1-19(2,3)17-12-11-15(13-18(17)21)14-20-16-9-7-5-4-6-8-10-16/h11-14,16,21H,4-10H2,1-3H3. The van der Waals surface area contributed by atoms with Crippen molar-refractivity contribution in [3.05, 3.63) is 29.3 Å². The minimum Gasteiger partial charge on any atom is -0.508 e. The molecular weight excluding hydrogens is 258 g/mol. The Morgan fingerprint density at radius 3 is 2.24 bits per heavy atom. The van der Waals surface area contributed by atoms with Gasteiger partial charge in [-0.05, 0) is 35.4 Å². The number of hydrogen-bond donors (Lipinski definition) is 1. The van der Waals surface area contributed by atoms with Crippen molar-refractivity contribution in [1.82, 2.24) is 0 Å². The third-order valence-electron chi connectivity index (χ3n) is 4.34. The van der Waals surface area contributed by atoms with Crippen LogP contribution in [0.25, 0.3) is 0 Å². The second kappa shape index (κ2) is 7.11. The van der Waals surface area contributed by atoms with Gasteiger partial charge < -0.3 is 5.11 Å². The fraction of sp³-hybridized carbons (Fsp3) is 0.632. The first-order valence-corrected chi connectivity index (χ1v) is 8.33. The van der Waals surface area contributed by atoms with Crippen molar-refractivity contribution in [3.63, 3.8) is 0 Å². The van der Waals surface area contributed by atoms with Gasteiger partial charge in [0.25, 0.3) is 0 Å². The summed E-state index contributed by atoms with van der Waals surface area (Å²) in [5.41, 5.74) is 1.97. The molecule has 1 aromatic rings. The molecule has 0 aromatic heterocycles. The quantitative estimate of drug-likeness (QED) is 0.743. The van der Waals surface area contributed by atoms with E-state index >= 15 is 0 Å². The van der Waals surface area contributed by atoms with E-state index in [0.717, 1.165) is 11.1 Å². The number of benzene rings is 1. The molecule has 1 saturated carbocycles. The lowest BCUT2D eigenvalue weighted by molar-refractivity contribution is 0.446. The van der Waals surface area contributed by atoms with Gasteiger partial charge in [0.15, 0.2) is 0 Å². The van der Waals surface area contributed by atoms with Crippen LogP contribution in [0.5, 0.6) is 5.75 Å². The van der Waals surface area contributed by atoms with Crippen molar-refractivity contribution in [2.24, 2.45) is 4.99 Å². The van der Waals surface area contributed by atoms with Crippen LogP contribution in [0.15, 0.2) is 23.2 Å². The molecular formula is C19H29NO. The fourth-order valence-corrected chi connectivity index (χ4v) is 3.04. The van der Waals surface area contributed by atoms with Gasteiger partial charge in [-0.15, -0.1) is 0 Å². The van der Waals surface area contributed by atoms with Crippen molar-refractivity contribution in [3.8, 4) is 5.75 Å². The first kappa shape index (κ1) is 16.1. The predicted octanol–water partition coefficient (Wildman–Crippen LogP) is 5.22. The number of aliphatic imine (C=N–C) groups is 1. The second-order valence-electron chi connectivity index (χ2n) is 7.30.